The number of rotatable bonds is 4. The van der Waals surface area contributed by atoms with Crippen molar-refractivity contribution in [3.05, 3.63) is 46.5 Å². The molecule has 1 aromatic heterocycles. The van der Waals surface area contributed by atoms with Crippen molar-refractivity contribution in [3.63, 3.8) is 0 Å². The Morgan fingerprint density at radius 2 is 1.76 bits per heavy atom. The van der Waals surface area contributed by atoms with E-state index in [2.05, 4.69) is 10.2 Å². The molecule has 17 heavy (non-hydrogen) atoms. The molecule has 1 heterocycles. The van der Waals surface area contributed by atoms with Gasteiger partial charge in [0.2, 0.25) is 0 Å². The highest BCUT2D eigenvalue weighted by atomic mass is 35.5. The van der Waals surface area contributed by atoms with Gasteiger partial charge in [0.25, 0.3) is 0 Å². The normalized spacial score (nSPS) is 10.8. The van der Waals surface area contributed by atoms with Crippen LogP contribution in [0.5, 0.6) is 0 Å². The van der Waals surface area contributed by atoms with Crippen LogP contribution in [-0.2, 0) is 26.4 Å². The van der Waals surface area contributed by atoms with Gasteiger partial charge in [-0.1, -0.05) is 23.7 Å². The van der Waals surface area contributed by atoms with Crippen LogP contribution in [-0.4, -0.2) is 14.8 Å². The molecular formula is C12H15ClN4. The van der Waals surface area contributed by atoms with Crippen LogP contribution in [0.1, 0.15) is 17.2 Å². The molecule has 0 unspecified atom stereocenters. The molecule has 1 aromatic carbocycles. The fourth-order valence-corrected chi connectivity index (χ4v) is 1.83. The van der Waals surface area contributed by atoms with Crippen molar-refractivity contribution in [1.29, 1.82) is 0 Å². The molecule has 90 valence electrons. The maximum atomic E-state index is 5.84. The molecule has 0 saturated carbocycles. The van der Waals surface area contributed by atoms with Crippen molar-refractivity contribution in [1.82, 2.24) is 14.8 Å². The van der Waals surface area contributed by atoms with E-state index in [4.69, 9.17) is 17.3 Å². The fourth-order valence-electron chi connectivity index (χ4n) is 1.70. The molecule has 4 nitrogen and oxygen atoms in total. The van der Waals surface area contributed by atoms with E-state index in [0.717, 1.165) is 29.5 Å². The first kappa shape index (κ1) is 12.1. The Morgan fingerprint density at radius 1 is 1.12 bits per heavy atom. The van der Waals surface area contributed by atoms with Gasteiger partial charge in [0, 0.05) is 18.5 Å². The summed E-state index contributed by atoms with van der Waals surface area (Å²) in [6, 6.07) is 7.86. The van der Waals surface area contributed by atoms with E-state index in [1.807, 2.05) is 35.9 Å². The zero-order valence-electron chi connectivity index (χ0n) is 9.73. The quantitative estimate of drug-likeness (QED) is 0.899. The lowest BCUT2D eigenvalue weighted by atomic mass is 10.1. The van der Waals surface area contributed by atoms with Gasteiger partial charge in [0.05, 0.1) is 6.54 Å². The van der Waals surface area contributed by atoms with Crippen LogP contribution in [0.15, 0.2) is 24.3 Å². The van der Waals surface area contributed by atoms with Crippen molar-refractivity contribution in [2.75, 3.05) is 0 Å². The SMILES string of the molecule is Cn1c(CN)nnc1CCc1ccc(Cl)cc1. The fraction of sp³-hybridized carbons (Fsp3) is 0.333. The van der Waals surface area contributed by atoms with Crippen LogP contribution in [0.2, 0.25) is 5.02 Å². The van der Waals surface area contributed by atoms with E-state index >= 15 is 0 Å². The van der Waals surface area contributed by atoms with Gasteiger partial charge in [-0.25, -0.2) is 0 Å². The van der Waals surface area contributed by atoms with Crippen molar-refractivity contribution >= 4 is 11.6 Å². The Kier molecular flexibility index (Phi) is 3.76. The summed E-state index contributed by atoms with van der Waals surface area (Å²) in [6.45, 7) is 0.421. The zero-order chi connectivity index (χ0) is 12.3. The molecule has 0 aliphatic carbocycles. The predicted molar refractivity (Wildman–Crippen MR) is 67.8 cm³/mol. The molecule has 0 spiro atoms. The molecule has 0 aliphatic rings. The minimum atomic E-state index is 0.421. The van der Waals surface area contributed by atoms with Gasteiger partial charge in [-0.3, -0.25) is 0 Å². The third kappa shape index (κ3) is 2.84. The number of aromatic nitrogens is 3. The van der Waals surface area contributed by atoms with Gasteiger partial charge < -0.3 is 10.3 Å². The molecule has 0 aliphatic heterocycles. The van der Waals surface area contributed by atoms with Gasteiger partial charge in [0.15, 0.2) is 0 Å². The third-order valence-corrected chi connectivity index (χ3v) is 3.04. The lowest BCUT2D eigenvalue weighted by Crippen LogP contribution is -2.07. The molecule has 2 N–H and O–H groups in total. The molecule has 0 radical (unpaired) electrons. The van der Waals surface area contributed by atoms with Crippen molar-refractivity contribution < 1.29 is 0 Å². The van der Waals surface area contributed by atoms with E-state index in [1.165, 1.54) is 5.56 Å². The van der Waals surface area contributed by atoms with Crippen LogP contribution < -0.4 is 5.73 Å². The molecular weight excluding hydrogens is 236 g/mol. The third-order valence-electron chi connectivity index (χ3n) is 2.79. The Balaban J connectivity index is 2.02. The van der Waals surface area contributed by atoms with E-state index < -0.39 is 0 Å². The summed E-state index contributed by atoms with van der Waals surface area (Å²) in [4.78, 5) is 0. The number of hydrogen-bond donors (Lipinski definition) is 1. The van der Waals surface area contributed by atoms with Crippen LogP contribution in [0, 0.1) is 0 Å². The van der Waals surface area contributed by atoms with Crippen molar-refractivity contribution in [2.45, 2.75) is 19.4 Å². The summed E-state index contributed by atoms with van der Waals surface area (Å²) in [7, 11) is 1.94. The van der Waals surface area contributed by atoms with Crippen molar-refractivity contribution in [2.24, 2.45) is 12.8 Å². The maximum Gasteiger partial charge on any atom is 0.146 e. The number of halogens is 1. The van der Waals surface area contributed by atoms with Gasteiger partial charge in [-0.2, -0.15) is 0 Å². The van der Waals surface area contributed by atoms with E-state index in [0.29, 0.717) is 6.54 Å². The molecule has 0 saturated heterocycles. The molecule has 2 rings (SSSR count). The van der Waals surface area contributed by atoms with E-state index in [9.17, 15) is 0 Å². The number of nitrogens with zero attached hydrogens (tertiary/aromatic N) is 3. The highest BCUT2D eigenvalue weighted by Crippen LogP contribution is 2.11. The lowest BCUT2D eigenvalue weighted by molar-refractivity contribution is 0.733. The lowest BCUT2D eigenvalue weighted by Gasteiger charge is -2.03. The molecule has 2 aromatic rings. The summed E-state index contributed by atoms with van der Waals surface area (Å²) < 4.78 is 1.95. The summed E-state index contributed by atoms with van der Waals surface area (Å²) in [6.07, 6.45) is 1.78. The Morgan fingerprint density at radius 3 is 2.35 bits per heavy atom. The van der Waals surface area contributed by atoms with Crippen LogP contribution in [0.3, 0.4) is 0 Å². The largest absolute Gasteiger partial charge is 0.324 e. The molecule has 0 atom stereocenters. The second-order valence-corrected chi connectivity index (χ2v) is 4.36. The minimum absolute atomic E-state index is 0.421. The first-order valence-electron chi connectivity index (χ1n) is 5.52. The molecule has 0 bridgehead atoms. The summed E-state index contributed by atoms with van der Waals surface area (Å²) >= 11 is 5.84. The second kappa shape index (κ2) is 5.29. The summed E-state index contributed by atoms with van der Waals surface area (Å²) in [5, 5.41) is 8.92. The maximum absolute atomic E-state index is 5.84. The number of aryl methyl sites for hydroxylation is 2. The highest BCUT2D eigenvalue weighted by Gasteiger charge is 2.06. The monoisotopic (exact) mass is 250 g/mol. The average molecular weight is 251 g/mol. The second-order valence-electron chi connectivity index (χ2n) is 3.92. The number of nitrogens with two attached hydrogens (primary N) is 1. The summed E-state index contributed by atoms with van der Waals surface area (Å²) in [5.74, 6) is 1.77. The van der Waals surface area contributed by atoms with E-state index in [-0.39, 0.29) is 0 Å². The minimum Gasteiger partial charge on any atom is -0.324 e. The topological polar surface area (TPSA) is 56.7 Å². The van der Waals surface area contributed by atoms with Gasteiger partial charge >= 0.3 is 0 Å². The molecule has 0 fully saturated rings. The molecule has 5 heteroatoms. The number of benzene rings is 1. The zero-order valence-corrected chi connectivity index (χ0v) is 10.5. The van der Waals surface area contributed by atoms with Gasteiger partial charge in [-0.05, 0) is 24.1 Å². The Labute approximate surface area is 105 Å². The van der Waals surface area contributed by atoms with E-state index in [1.54, 1.807) is 0 Å². The Hall–Kier alpha value is -1.39. The van der Waals surface area contributed by atoms with Gasteiger partial charge in [-0.15, -0.1) is 10.2 Å². The Bertz CT molecular complexity index is 490. The number of hydrogen-bond acceptors (Lipinski definition) is 3. The standard InChI is InChI=1S/C12H15ClN4/c1-17-11(15-16-12(17)8-14)7-4-9-2-5-10(13)6-3-9/h2-3,5-6H,4,7-8,14H2,1H3. The average Bonchev–Trinajstić information content (AvgIpc) is 2.69. The van der Waals surface area contributed by atoms with Crippen LogP contribution >= 0.6 is 11.6 Å². The smallest absolute Gasteiger partial charge is 0.146 e. The first-order chi connectivity index (χ1) is 8.20. The van der Waals surface area contributed by atoms with Gasteiger partial charge in [0.1, 0.15) is 11.6 Å². The molecule has 0 amide bonds. The summed E-state index contributed by atoms with van der Waals surface area (Å²) in [5.41, 5.74) is 6.79. The highest BCUT2D eigenvalue weighted by molar-refractivity contribution is 6.30. The first-order valence-corrected chi connectivity index (χ1v) is 5.90. The van der Waals surface area contributed by atoms with Crippen molar-refractivity contribution in [3.8, 4) is 0 Å². The van der Waals surface area contributed by atoms with Crippen LogP contribution in [0.25, 0.3) is 0 Å². The predicted octanol–water partition coefficient (Wildman–Crippen LogP) is 1.71. The van der Waals surface area contributed by atoms with Crippen LogP contribution in [0.4, 0.5) is 0 Å².